The number of hydrogen-bond acceptors (Lipinski definition) is 4. The zero-order valence-corrected chi connectivity index (χ0v) is 15.0. The van der Waals surface area contributed by atoms with E-state index in [1.807, 2.05) is 42.8 Å². The number of aromatic nitrogens is 2. The highest BCUT2D eigenvalue weighted by Gasteiger charge is 2.22. The van der Waals surface area contributed by atoms with E-state index in [1.54, 1.807) is 19.2 Å². The molecule has 1 aromatic carbocycles. The first-order valence-electron chi connectivity index (χ1n) is 8.26. The Morgan fingerprint density at radius 3 is 2.88 bits per heavy atom. The molecule has 0 fully saturated rings. The van der Waals surface area contributed by atoms with Gasteiger partial charge in [0.2, 0.25) is 0 Å². The van der Waals surface area contributed by atoms with Crippen LogP contribution in [0.4, 0.5) is 11.5 Å². The number of nitrogens with one attached hydrogen (secondary N) is 2. The van der Waals surface area contributed by atoms with Crippen molar-refractivity contribution in [2.45, 2.75) is 13.8 Å². The lowest BCUT2D eigenvalue weighted by Gasteiger charge is -2.13. The highest BCUT2D eigenvalue weighted by atomic mass is 16.6. The van der Waals surface area contributed by atoms with Gasteiger partial charge in [-0.2, -0.15) is 0 Å². The molecule has 132 valence electrons. The quantitative estimate of drug-likeness (QED) is 0.548. The summed E-state index contributed by atoms with van der Waals surface area (Å²) in [5, 5.41) is 4.09. The van der Waals surface area contributed by atoms with Crippen molar-refractivity contribution in [3.8, 4) is 12.3 Å². The monoisotopic (exact) mass is 348 g/mol. The maximum absolute atomic E-state index is 12.7. The molecule has 3 rings (SSSR count). The molecule has 26 heavy (non-hydrogen) atoms. The third-order valence-corrected chi connectivity index (χ3v) is 4.13. The Labute approximate surface area is 152 Å². The third kappa shape index (κ3) is 3.13. The molecule has 2 N–H and O–H groups in total. The fourth-order valence-corrected chi connectivity index (χ4v) is 2.85. The molecular weight excluding hydrogens is 328 g/mol. The van der Waals surface area contributed by atoms with Gasteiger partial charge in [-0.25, -0.2) is 10.5 Å². The second-order valence-electron chi connectivity index (χ2n) is 5.82. The number of amides is 1. The van der Waals surface area contributed by atoms with Crippen LogP contribution in [0.15, 0.2) is 36.5 Å². The molecule has 6 heteroatoms. The average molecular weight is 348 g/mol. The number of rotatable bonds is 5. The van der Waals surface area contributed by atoms with Crippen LogP contribution in [0.3, 0.4) is 0 Å². The molecule has 0 radical (unpaired) electrons. The number of benzene rings is 1. The summed E-state index contributed by atoms with van der Waals surface area (Å²) in [6.45, 7) is 4.15. The van der Waals surface area contributed by atoms with Crippen molar-refractivity contribution < 1.29 is 9.63 Å². The minimum absolute atomic E-state index is 0.328. The van der Waals surface area contributed by atoms with E-state index in [1.165, 1.54) is 0 Å². The van der Waals surface area contributed by atoms with Gasteiger partial charge in [0, 0.05) is 29.9 Å². The molecule has 0 spiro atoms. The second-order valence-corrected chi connectivity index (χ2v) is 5.82. The Morgan fingerprint density at radius 2 is 2.19 bits per heavy atom. The molecule has 0 aliphatic heterocycles. The summed E-state index contributed by atoms with van der Waals surface area (Å²) in [4.78, 5) is 22.2. The van der Waals surface area contributed by atoms with E-state index < -0.39 is 0 Å². The molecule has 0 bridgehead atoms. The molecule has 0 saturated carbocycles. The summed E-state index contributed by atoms with van der Waals surface area (Å²) in [6.07, 6.45) is 7.15. The van der Waals surface area contributed by atoms with E-state index in [-0.39, 0.29) is 5.91 Å². The van der Waals surface area contributed by atoms with E-state index in [4.69, 9.17) is 11.3 Å². The molecule has 0 aliphatic carbocycles. The van der Waals surface area contributed by atoms with Crippen LogP contribution in [0.5, 0.6) is 0 Å². The number of hydrogen-bond donors (Lipinski definition) is 2. The highest BCUT2D eigenvalue weighted by Crippen LogP contribution is 2.31. The van der Waals surface area contributed by atoms with Gasteiger partial charge in [-0.1, -0.05) is 5.92 Å². The fraction of sp³-hybridized carbons (Fsp3) is 0.200. The van der Waals surface area contributed by atoms with E-state index in [0.29, 0.717) is 23.6 Å². The summed E-state index contributed by atoms with van der Waals surface area (Å²) >= 11 is 0. The van der Waals surface area contributed by atoms with Gasteiger partial charge in [0.25, 0.3) is 5.91 Å². The molecule has 2 aromatic heterocycles. The predicted octanol–water partition coefficient (Wildman–Crippen LogP) is 3.29. The molecule has 2 heterocycles. The largest absolute Gasteiger partial charge is 0.341 e. The average Bonchev–Trinajstić information content (AvgIpc) is 2.93. The van der Waals surface area contributed by atoms with Crippen LogP contribution in [0.1, 0.15) is 28.4 Å². The lowest BCUT2D eigenvalue weighted by Crippen LogP contribution is -2.24. The lowest BCUT2D eigenvalue weighted by atomic mass is 10.1. The Kier molecular flexibility index (Phi) is 4.92. The number of nitrogens with zero attached hydrogens (tertiary/aromatic N) is 2. The summed E-state index contributed by atoms with van der Waals surface area (Å²) in [6, 6.07) is 9.35. The standard InChI is InChI=1S/C20H20N4O2/c1-5-14-9-10-16(13(3)12-14)22-19-17(20(25)23-26-6-2)15-8-7-11-21-18(15)24(19)4/h1,7-12,22H,6H2,2-4H3,(H,23,25). The van der Waals surface area contributed by atoms with E-state index in [9.17, 15) is 4.79 Å². The van der Waals surface area contributed by atoms with Crippen molar-refractivity contribution in [2.24, 2.45) is 7.05 Å². The molecule has 3 aromatic rings. The minimum atomic E-state index is -0.328. The van der Waals surface area contributed by atoms with Crippen molar-refractivity contribution >= 4 is 28.4 Å². The van der Waals surface area contributed by atoms with Gasteiger partial charge >= 0.3 is 0 Å². The summed E-state index contributed by atoms with van der Waals surface area (Å²) < 4.78 is 1.85. The zero-order valence-electron chi connectivity index (χ0n) is 15.0. The molecule has 0 atom stereocenters. The molecule has 1 amide bonds. The summed E-state index contributed by atoms with van der Waals surface area (Å²) in [5.41, 5.74) is 6.30. The molecule has 6 nitrogen and oxygen atoms in total. The first-order valence-corrected chi connectivity index (χ1v) is 8.26. The number of carbonyl (C=O) groups is 1. The Balaban J connectivity index is 2.11. The normalized spacial score (nSPS) is 10.5. The summed E-state index contributed by atoms with van der Waals surface area (Å²) in [7, 11) is 1.86. The fourth-order valence-electron chi connectivity index (χ4n) is 2.85. The van der Waals surface area contributed by atoms with E-state index in [0.717, 1.165) is 22.2 Å². The molecule has 0 aliphatic rings. The highest BCUT2D eigenvalue weighted by molar-refractivity contribution is 6.11. The van der Waals surface area contributed by atoms with Crippen LogP contribution in [0, 0.1) is 19.3 Å². The number of hydroxylamine groups is 1. The maximum Gasteiger partial charge on any atom is 0.279 e. The number of fused-ring (bicyclic) bond motifs is 1. The van der Waals surface area contributed by atoms with Gasteiger partial charge in [-0.3, -0.25) is 9.63 Å². The van der Waals surface area contributed by atoms with Crippen LogP contribution in [-0.4, -0.2) is 22.1 Å². The van der Waals surface area contributed by atoms with Crippen LogP contribution in [-0.2, 0) is 11.9 Å². The van der Waals surface area contributed by atoms with E-state index >= 15 is 0 Å². The molecular formula is C20H20N4O2. The number of aryl methyl sites for hydroxylation is 2. The van der Waals surface area contributed by atoms with Gasteiger partial charge in [0.1, 0.15) is 11.5 Å². The third-order valence-electron chi connectivity index (χ3n) is 4.13. The number of pyridine rings is 1. The molecule has 0 saturated heterocycles. The predicted molar refractivity (Wildman–Crippen MR) is 102 cm³/mol. The van der Waals surface area contributed by atoms with Crippen molar-refractivity contribution in [1.82, 2.24) is 15.0 Å². The topological polar surface area (TPSA) is 68.2 Å². The summed E-state index contributed by atoms with van der Waals surface area (Å²) in [5.74, 6) is 2.92. The Morgan fingerprint density at radius 1 is 1.38 bits per heavy atom. The van der Waals surface area contributed by atoms with Crippen molar-refractivity contribution in [1.29, 1.82) is 0 Å². The lowest BCUT2D eigenvalue weighted by molar-refractivity contribution is 0.0367. The van der Waals surface area contributed by atoms with Crippen molar-refractivity contribution in [3.63, 3.8) is 0 Å². The van der Waals surface area contributed by atoms with Crippen molar-refractivity contribution in [3.05, 3.63) is 53.2 Å². The smallest absolute Gasteiger partial charge is 0.279 e. The van der Waals surface area contributed by atoms with Gasteiger partial charge in [-0.15, -0.1) is 6.42 Å². The number of terminal acetylenes is 1. The van der Waals surface area contributed by atoms with Crippen molar-refractivity contribution in [2.75, 3.05) is 11.9 Å². The first kappa shape index (κ1) is 17.5. The van der Waals surface area contributed by atoms with Gasteiger partial charge < -0.3 is 9.88 Å². The van der Waals surface area contributed by atoms with Gasteiger partial charge in [0.05, 0.1) is 12.2 Å². The van der Waals surface area contributed by atoms with Crippen LogP contribution in [0.2, 0.25) is 0 Å². The van der Waals surface area contributed by atoms with E-state index in [2.05, 4.69) is 21.7 Å². The Bertz CT molecular complexity index is 1010. The van der Waals surface area contributed by atoms with Crippen LogP contribution >= 0.6 is 0 Å². The first-order chi connectivity index (χ1) is 12.6. The second kappa shape index (κ2) is 7.30. The Hall–Kier alpha value is -3.30. The number of anilines is 2. The number of carbonyl (C=O) groups excluding carboxylic acids is 1. The zero-order chi connectivity index (χ0) is 18.7. The van der Waals surface area contributed by atoms with Crippen LogP contribution in [0.25, 0.3) is 11.0 Å². The van der Waals surface area contributed by atoms with Gasteiger partial charge in [-0.05, 0) is 49.7 Å². The molecule has 0 unspecified atom stereocenters. The maximum atomic E-state index is 12.7. The van der Waals surface area contributed by atoms with Crippen LogP contribution < -0.4 is 10.8 Å². The SMILES string of the molecule is C#Cc1ccc(Nc2c(C(=O)NOCC)c3cccnc3n2C)c(C)c1. The minimum Gasteiger partial charge on any atom is -0.341 e. The van der Waals surface area contributed by atoms with Gasteiger partial charge in [0.15, 0.2) is 0 Å².